The number of nitrogens with two attached hydrogens (primary N) is 1. The van der Waals surface area contributed by atoms with Gasteiger partial charge in [-0.2, -0.15) is 5.10 Å². The summed E-state index contributed by atoms with van der Waals surface area (Å²) in [5.41, 5.74) is 2.69. The molecule has 21 heavy (non-hydrogen) atoms. The lowest BCUT2D eigenvalue weighted by atomic mass is 10.2. The second-order valence-electron chi connectivity index (χ2n) is 5.28. The van der Waals surface area contributed by atoms with E-state index in [2.05, 4.69) is 24.3 Å². The maximum atomic E-state index is 11.0. The minimum absolute atomic E-state index is 0.144. The van der Waals surface area contributed by atoms with Gasteiger partial charge in [-0.3, -0.25) is 4.68 Å². The Bertz CT molecular complexity index is 690. The number of hydrogen-bond acceptors (Lipinski definition) is 4. The summed E-state index contributed by atoms with van der Waals surface area (Å²) >= 11 is 0. The van der Waals surface area contributed by atoms with Crippen LogP contribution in [0.2, 0.25) is 0 Å². The minimum atomic E-state index is -3.48. The third-order valence-electron chi connectivity index (χ3n) is 3.00. The van der Waals surface area contributed by atoms with Crippen LogP contribution in [0.15, 0.2) is 36.7 Å². The Balaban J connectivity index is 1.94. The maximum Gasteiger partial charge on any atom is 0.213 e. The number of sulfonamides is 1. The van der Waals surface area contributed by atoms with E-state index in [1.807, 2.05) is 29.2 Å². The highest BCUT2D eigenvalue weighted by atomic mass is 32.2. The van der Waals surface area contributed by atoms with Gasteiger partial charge in [-0.15, -0.1) is 0 Å². The summed E-state index contributed by atoms with van der Waals surface area (Å²) in [4.78, 5) is 0. The van der Waals surface area contributed by atoms with E-state index in [9.17, 15) is 8.42 Å². The van der Waals surface area contributed by atoms with Crippen LogP contribution in [0.1, 0.15) is 31.0 Å². The fourth-order valence-corrected chi connectivity index (χ4v) is 2.56. The van der Waals surface area contributed by atoms with Crippen LogP contribution in [-0.4, -0.2) is 18.2 Å². The van der Waals surface area contributed by atoms with Gasteiger partial charge in [0.2, 0.25) is 10.0 Å². The zero-order valence-corrected chi connectivity index (χ0v) is 13.0. The molecule has 1 heterocycles. The van der Waals surface area contributed by atoms with Crippen molar-refractivity contribution in [3.8, 4) is 0 Å². The standard InChI is InChI=1S/C14H20N4O2S/c1-11(2)18-9-13(8-17-18)7-16-14-5-3-12(4-6-14)10-21(15,19)20/h3-6,8-9,11,16H,7,10H2,1-2H3,(H2,15,19,20). The Morgan fingerprint density at radius 3 is 2.43 bits per heavy atom. The van der Waals surface area contributed by atoms with Crippen LogP contribution in [0.25, 0.3) is 0 Å². The molecule has 0 aliphatic heterocycles. The highest BCUT2D eigenvalue weighted by Gasteiger charge is 2.05. The first kappa shape index (κ1) is 15.5. The number of hydrogen-bond donors (Lipinski definition) is 2. The Labute approximate surface area is 125 Å². The van der Waals surface area contributed by atoms with E-state index in [4.69, 9.17) is 5.14 Å². The molecule has 0 aliphatic carbocycles. The van der Waals surface area contributed by atoms with E-state index >= 15 is 0 Å². The van der Waals surface area contributed by atoms with Gasteiger partial charge in [0.05, 0.1) is 11.9 Å². The first-order valence-electron chi connectivity index (χ1n) is 6.70. The van der Waals surface area contributed by atoms with Gasteiger partial charge in [0, 0.05) is 30.0 Å². The molecule has 3 N–H and O–H groups in total. The van der Waals surface area contributed by atoms with E-state index in [0.717, 1.165) is 11.3 Å². The molecule has 1 aromatic carbocycles. The number of nitrogens with zero attached hydrogens (tertiary/aromatic N) is 2. The first-order chi connectivity index (χ1) is 9.83. The molecule has 0 radical (unpaired) electrons. The molecule has 114 valence electrons. The molecular formula is C14H20N4O2S. The molecule has 7 heteroatoms. The molecule has 0 saturated carbocycles. The van der Waals surface area contributed by atoms with Gasteiger partial charge < -0.3 is 5.32 Å². The first-order valence-corrected chi connectivity index (χ1v) is 8.41. The lowest BCUT2D eigenvalue weighted by Gasteiger charge is -2.06. The highest BCUT2D eigenvalue weighted by Crippen LogP contribution is 2.13. The summed E-state index contributed by atoms with van der Waals surface area (Å²) < 4.78 is 23.9. The topological polar surface area (TPSA) is 90.0 Å². The molecule has 0 spiro atoms. The molecule has 0 amide bonds. The number of aromatic nitrogens is 2. The smallest absolute Gasteiger partial charge is 0.213 e. The number of primary sulfonamides is 1. The van der Waals surface area contributed by atoms with Crippen molar-refractivity contribution in [3.05, 3.63) is 47.8 Å². The van der Waals surface area contributed by atoms with Crippen molar-refractivity contribution in [1.82, 2.24) is 9.78 Å². The predicted molar refractivity (Wildman–Crippen MR) is 83.2 cm³/mol. The van der Waals surface area contributed by atoms with Crippen molar-refractivity contribution in [2.45, 2.75) is 32.2 Å². The van der Waals surface area contributed by atoms with Gasteiger partial charge in [-0.1, -0.05) is 12.1 Å². The summed E-state index contributed by atoms with van der Waals surface area (Å²) in [7, 11) is -3.48. The lowest BCUT2D eigenvalue weighted by molar-refractivity contribution is 0.532. The fourth-order valence-electron chi connectivity index (χ4n) is 1.91. The maximum absolute atomic E-state index is 11.0. The highest BCUT2D eigenvalue weighted by molar-refractivity contribution is 7.88. The summed E-state index contributed by atoms with van der Waals surface area (Å²) in [5.74, 6) is -0.144. The van der Waals surface area contributed by atoms with Crippen LogP contribution in [0, 0.1) is 0 Å². The number of benzene rings is 1. The summed E-state index contributed by atoms with van der Waals surface area (Å²) in [6.45, 7) is 4.82. The second kappa shape index (κ2) is 6.28. The normalized spacial score (nSPS) is 11.8. The molecular weight excluding hydrogens is 288 g/mol. The van der Waals surface area contributed by atoms with Crippen LogP contribution in [0.5, 0.6) is 0 Å². The third kappa shape index (κ3) is 4.87. The third-order valence-corrected chi connectivity index (χ3v) is 3.74. The average Bonchev–Trinajstić information content (AvgIpc) is 2.85. The molecule has 0 saturated heterocycles. The Hall–Kier alpha value is -1.86. The van der Waals surface area contributed by atoms with Crippen LogP contribution in [0.3, 0.4) is 0 Å². The molecule has 2 rings (SSSR count). The quantitative estimate of drug-likeness (QED) is 0.852. The SMILES string of the molecule is CC(C)n1cc(CNc2ccc(CS(N)(=O)=O)cc2)cn1. The molecule has 1 aromatic heterocycles. The molecule has 0 fully saturated rings. The number of rotatable bonds is 6. The van der Waals surface area contributed by atoms with Gasteiger partial charge in [0.15, 0.2) is 0 Å². The van der Waals surface area contributed by atoms with Crippen molar-refractivity contribution in [3.63, 3.8) is 0 Å². The van der Waals surface area contributed by atoms with E-state index in [1.165, 1.54) is 0 Å². The minimum Gasteiger partial charge on any atom is -0.381 e. The molecule has 2 aromatic rings. The van der Waals surface area contributed by atoms with Gasteiger partial charge >= 0.3 is 0 Å². The fraction of sp³-hybridized carbons (Fsp3) is 0.357. The monoisotopic (exact) mass is 308 g/mol. The number of anilines is 1. The Morgan fingerprint density at radius 2 is 1.90 bits per heavy atom. The van der Waals surface area contributed by atoms with Crippen molar-refractivity contribution in [1.29, 1.82) is 0 Å². The van der Waals surface area contributed by atoms with Crippen LogP contribution in [0.4, 0.5) is 5.69 Å². The largest absolute Gasteiger partial charge is 0.381 e. The van der Waals surface area contributed by atoms with Crippen molar-refractivity contribution in [2.24, 2.45) is 5.14 Å². The summed E-state index contributed by atoms with van der Waals surface area (Å²) in [5, 5.41) is 12.6. The lowest BCUT2D eigenvalue weighted by Crippen LogP contribution is -2.14. The Kier molecular flexibility index (Phi) is 4.64. The summed E-state index contributed by atoms with van der Waals surface area (Å²) in [6.07, 6.45) is 3.84. The number of nitrogens with one attached hydrogen (secondary N) is 1. The summed E-state index contributed by atoms with van der Waals surface area (Å²) in [6, 6.07) is 7.53. The predicted octanol–water partition coefficient (Wildman–Crippen LogP) is 1.86. The average molecular weight is 308 g/mol. The van der Waals surface area contributed by atoms with Crippen LogP contribution < -0.4 is 10.5 Å². The van der Waals surface area contributed by atoms with Crippen molar-refractivity contribution in [2.75, 3.05) is 5.32 Å². The molecule has 0 atom stereocenters. The van der Waals surface area contributed by atoms with Crippen LogP contribution >= 0.6 is 0 Å². The van der Waals surface area contributed by atoms with Gasteiger partial charge in [-0.25, -0.2) is 13.6 Å². The van der Waals surface area contributed by atoms with E-state index in [0.29, 0.717) is 18.2 Å². The Morgan fingerprint density at radius 1 is 1.24 bits per heavy atom. The second-order valence-corrected chi connectivity index (χ2v) is 6.89. The molecule has 6 nitrogen and oxygen atoms in total. The van der Waals surface area contributed by atoms with Gasteiger partial charge in [-0.05, 0) is 31.5 Å². The molecule has 0 aliphatic rings. The van der Waals surface area contributed by atoms with E-state index in [-0.39, 0.29) is 5.75 Å². The van der Waals surface area contributed by atoms with Gasteiger partial charge in [0.25, 0.3) is 0 Å². The molecule has 0 bridgehead atoms. The zero-order valence-electron chi connectivity index (χ0n) is 12.2. The van der Waals surface area contributed by atoms with Crippen LogP contribution in [-0.2, 0) is 22.3 Å². The van der Waals surface area contributed by atoms with Crippen molar-refractivity contribution < 1.29 is 8.42 Å². The van der Waals surface area contributed by atoms with E-state index < -0.39 is 10.0 Å². The van der Waals surface area contributed by atoms with E-state index in [1.54, 1.807) is 12.1 Å². The zero-order chi connectivity index (χ0) is 15.5. The molecule has 0 unspecified atom stereocenters. The van der Waals surface area contributed by atoms with Gasteiger partial charge in [0.1, 0.15) is 0 Å². The van der Waals surface area contributed by atoms with Crippen molar-refractivity contribution >= 4 is 15.7 Å².